The second-order valence-corrected chi connectivity index (χ2v) is 6.68. The third-order valence-corrected chi connectivity index (χ3v) is 4.36. The van der Waals surface area contributed by atoms with Crippen molar-refractivity contribution in [3.05, 3.63) is 29.3 Å². The summed E-state index contributed by atoms with van der Waals surface area (Å²) in [5.74, 6) is 0.652. The molecule has 0 saturated carbocycles. The van der Waals surface area contributed by atoms with Crippen LogP contribution in [-0.2, 0) is 4.79 Å². The highest BCUT2D eigenvalue weighted by Gasteiger charge is 2.20. The maximum Gasteiger partial charge on any atom is 0.234 e. The van der Waals surface area contributed by atoms with Gasteiger partial charge in [-0.15, -0.1) is 0 Å². The first-order chi connectivity index (χ1) is 10.5. The molecule has 0 bridgehead atoms. The molecule has 1 saturated heterocycles. The summed E-state index contributed by atoms with van der Waals surface area (Å²) in [6.45, 7) is 13.7. The monoisotopic (exact) mass is 303 g/mol. The minimum Gasteiger partial charge on any atom is -0.369 e. The van der Waals surface area contributed by atoms with Gasteiger partial charge in [0.15, 0.2) is 0 Å². The van der Waals surface area contributed by atoms with Crippen LogP contribution in [-0.4, -0.2) is 50.1 Å². The predicted molar refractivity (Wildman–Crippen MR) is 92.4 cm³/mol. The normalized spacial score (nSPS) is 16.1. The molecule has 2 rings (SSSR count). The van der Waals surface area contributed by atoms with E-state index in [2.05, 4.69) is 61.0 Å². The van der Waals surface area contributed by atoms with Crippen molar-refractivity contribution >= 4 is 11.6 Å². The summed E-state index contributed by atoms with van der Waals surface area (Å²) in [7, 11) is 0. The van der Waals surface area contributed by atoms with Crippen LogP contribution in [0.5, 0.6) is 0 Å². The number of rotatable bonds is 5. The Kier molecular flexibility index (Phi) is 5.83. The lowest BCUT2D eigenvalue weighted by molar-refractivity contribution is -0.122. The molecule has 122 valence electrons. The van der Waals surface area contributed by atoms with Crippen LogP contribution in [0.3, 0.4) is 0 Å². The molecule has 1 fully saturated rings. The first-order valence-corrected chi connectivity index (χ1v) is 8.27. The summed E-state index contributed by atoms with van der Waals surface area (Å²) < 4.78 is 0. The summed E-state index contributed by atoms with van der Waals surface area (Å²) in [5.41, 5.74) is 4.04. The maximum absolute atomic E-state index is 11.9. The van der Waals surface area contributed by atoms with Crippen molar-refractivity contribution in [3.63, 3.8) is 0 Å². The van der Waals surface area contributed by atoms with Crippen LogP contribution >= 0.6 is 0 Å². The van der Waals surface area contributed by atoms with Crippen LogP contribution in [0, 0.1) is 19.8 Å². The number of carbonyl (C=O) groups excluding carboxylic acids is 1. The third-order valence-electron chi connectivity index (χ3n) is 4.36. The van der Waals surface area contributed by atoms with Gasteiger partial charge in [-0.05, 0) is 37.0 Å². The minimum atomic E-state index is 0.147. The molecule has 1 aromatic carbocycles. The molecule has 1 aromatic rings. The van der Waals surface area contributed by atoms with Crippen molar-refractivity contribution in [2.24, 2.45) is 5.92 Å². The van der Waals surface area contributed by atoms with Gasteiger partial charge < -0.3 is 10.2 Å². The number of piperazine rings is 1. The molecule has 1 aliphatic rings. The molecule has 0 aliphatic carbocycles. The number of nitrogens with one attached hydrogen (secondary N) is 1. The van der Waals surface area contributed by atoms with E-state index >= 15 is 0 Å². The number of aryl methyl sites for hydroxylation is 1. The Morgan fingerprint density at radius 3 is 2.50 bits per heavy atom. The van der Waals surface area contributed by atoms with Crippen LogP contribution in [0.15, 0.2) is 18.2 Å². The van der Waals surface area contributed by atoms with Crippen molar-refractivity contribution in [1.82, 2.24) is 10.2 Å². The van der Waals surface area contributed by atoms with Gasteiger partial charge in [0.2, 0.25) is 5.91 Å². The summed E-state index contributed by atoms with van der Waals surface area (Å²) in [4.78, 5) is 16.6. The van der Waals surface area contributed by atoms with E-state index in [1.165, 1.54) is 16.8 Å². The molecule has 4 nitrogen and oxygen atoms in total. The second-order valence-electron chi connectivity index (χ2n) is 6.68. The zero-order chi connectivity index (χ0) is 16.1. The van der Waals surface area contributed by atoms with Crippen molar-refractivity contribution in [1.29, 1.82) is 0 Å². The molecule has 1 heterocycles. The first kappa shape index (κ1) is 16.8. The maximum atomic E-state index is 11.9. The van der Waals surface area contributed by atoms with Gasteiger partial charge in [-0.25, -0.2) is 0 Å². The van der Waals surface area contributed by atoms with E-state index in [9.17, 15) is 4.79 Å². The fourth-order valence-corrected chi connectivity index (χ4v) is 2.80. The molecular formula is C18H29N3O. The van der Waals surface area contributed by atoms with Crippen LogP contribution < -0.4 is 10.2 Å². The van der Waals surface area contributed by atoms with Gasteiger partial charge in [-0.3, -0.25) is 9.69 Å². The average Bonchev–Trinajstić information content (AvgIpc) is 2.49. The number of hydrogen-bond donors (Lipinski definition) is 1. The van der Waals surface area contributed by atoms with Gasteiger partial charge in [0.05, 0.1) is 6.54 Å². The van der Waals surface area contributed by atoms with Crippen LogP contribution in [0.25, 0.3) is 0 Å². The van der Waals surface area contributed by atoms with Gasteiger partial charge in [-0.2, -0.15) is 0 Å². The molecule has 0 radical (unpaired) electrons. The van der Waals surface area contributed by atoms with Gasteiger partial charge in [0.25, 0.3) is 0 Å². The second kappa shape index (κ2) is 7.63. The molecule has 0 atom stereocenters. The number of amides is 1. The molecule has 0 unspecified atom stereocenters. The lowest BCUT2D eigenvalue weighted by Gasteiger charge is -2.36. The fraction of sp³-hybridized carbons (Fsp3) is 0.611. The highest BCUT2D eigenvalue weighted by molar-refractivity contribution is 5.78. The number of benzene rings is 1. The number of nitrogens with zero attached hydrogens (tertiary/aromatic N) is 2. The zero-order valence-corrected chi connectivity index (χ0v) is 14.4. The highest BCUT2D eigenvalue weighted by Crippen LogP contribution is 2.23. The minimum absolute atomic E-state index is 0.147. The molecule has 1 aliphatic heterocycles. The Bertz CT molecular complexity index is 505. The van der Waals surface area contributed by atoms with E-state index in [4.69, 9.17) is 0 Å². The van der Waals surface area contributed by atoms with Crippen molar-refractivity contribution in [2.75, 3.05) is 44.2 Å². The van der Waals surface area contributed by atoms with E-state index in [1.54, 1.807) is 0 Å². The average molecular weight is 303 g/mol. The quantitative estimate of drug-likeness (QED) is 0.906. The number of hydrogen-bond acceptors (Lipinski definition) is 3. The molecule has 4 heteroatoms. The SMILES string of the molecule is Cc1cccc(N2CCN(CC(=O)NCC(C)C)CC2)c1C. The molecule has 1 amide bonds. The van der Waals surface area contributed by atoms with E-state index < -0.39 is 0 Å². The Morgan fingerprint density at radius 1 is 1.18 bits per heavy atom. The molecule has 0 spiro atoms. The zero-order valence-electron chi connectivity index (χ0n) is 14.4. The summed E-state index contributed by atoms with van der Waals surface area (Å²) in [6.07, 6.45) is 0. The third kappa shape index (κ3) is 4.47. The van der Waals surface area contributed by atoms with Crippen LogP contribution in [0.2, 0.25) is 0 Å². The van der Waals surface area contributed by atoms with Gasteiger partial charge in [0.1, 0.15) is 0 Å². The van der Waals surface area contributed by atoms with Crippen LogP contribution in [0.1, 0.15) is 25.0 Å². The lowest BCUT2D eigenvalue weighted by Crippen LogP contribution is -2.50. The molecule has 0 aromatic heterocycles. The molecule has 22 heavy (non-hydrogen) atoms. The Balaban J connectivity index is 1.83. The first-order valence-electron chi connectivity index (χ1n) is 8.27. The Morgan fingerprint density at radius 2 is 1.86 bits per heavy atom. The number of carbonyl (C=O) groups is 1. The molecular weight excluding hydrogens is 274 g/mol. The van der Waals surface area contributed by atoms with Crippen molar-refractivity contribution in [2.45, 2.75) is 27.7 Å². The Labute approximate surface area is 134 Å². The van der Waals surface area contributed by atoms with Crippen molar-refractivity contribution in [3.8, 4) is 0 Å². The predicted octanol–water partition coefficient (Wildman–Crippen LogP) is 2.20. The topological polar surface area (TPSA) is 35.6 Å². The van der Waals surface area contributed by atoms with Gasteiger partial charge in [0, 0.05) is 38.4 Å². The fourth-order valence-electron chi connectivity index (χ4n) is 2.80. The smallest absolute Gasteiger partial charge is 0.234 e. The van der Waals surface area contributed by atoms with Gasteiger partial charge in [-0.1, -0.05) is 26.0 Å². The molecule has 1 N–H and O–H groups in total. The van der Waals surface area contributed by atoms with Gasteiger partial charge >= 0.3 is 0 Å². The Hall–Kier alpha value is -1.55. The largest absolute Gasteiger partial charge is 0.369 e. The van der Waals surface area contributed by atoms with E-state index in [0.29, 0.717) is 12.5 Å². The van der Waals surface area contributed by atoms with Crippen LogP contribution in [0.4, 0.5) is 5.69 Å². The summed E-state index contributed by atoms with van der Waals surface area (Å²) in [5, 5.41) is 2.99. The summed E-state index contributed by atoms with van der Waals surface area (Å²) >= 11 is 0. The summed E-state index contributed by atoms with van der Waals surface area (Å²) in [6, 6.07) is 6.49. The van der Waals surface area contributed by atoms with E-state index in [0.717, 1.165) is 32.7 Å². The van der Waals surface area contributed by atoms with E-state index in [-0.39, 0.29) is 5.91 Å². The highest BCUT2D eigenvalue weighted by atomic mass is 16.2. The standard InChI is InChI=1S/C18H29N3O/c1-14(2)12-19-18(22)13-20-8-10-21(11-9-20)17-7-5-6-15(3)16(17)4/h5-7,14H,8-13H2,1-4H3,(H,19,22). The van der Waals surface area contributed by atoms with E-state index in [1.807, 2.05) is 0 Å². The van der Waals surface area contributed by atoms with Crippen molar-refractivity contribution < 1.29 is 4.79 Å². The number of anilines is 1. The lowest BCUT2D eigenvalue weighted by atomic mass is 10.1.